The van der Waals surface area contributed by atoms with Crippen molar-refractivity contribution in [2.24, 2.45) is 0 Å². The molecule has 5 rings (SSSR count). The lowest BCUT2D eigenvalue weighted by atomic mass is 10.0. The highest BCUT2D eigenvalue weighted by molar-refractivity contribution is 7.93. The van der Waals surface area contributed by atoms with Gasteiger partial charge >= 0.3 is 6.01 Å². The van der Waals surface area contributed by atoms with E-state index in [4.69, 9.17) is 13.6 Å². The van der Waals surface area contributed by atoms with E-state index in [1.54, 1.807) is 24.3 Å². The van der Waals surface area contributed by atoms with Crippen LogP contribution in [0.2, 0.25) is 0 Å². The van der Waals surface area contributed by atoms with Gasteiger partial charge in [-0.25, -0.2) is 8.42 Å². The molecule has 10 nitrogen and oxygen atoms in total. The molecule has 0 radical (unpaired) electrons. The number of hydrogen-bond acceptors (Lipinski definition) is 8. The van der Waals surface area contributed by atoms with Gasteiger partial charge in [-0.3, -0.25) is 14.4 Å². The maximum Gasteiger partial charge on any atom is 0.322 e. The number of amides is 1. The molecule has 0 atom stereocenters. The highest BCUT2D eigenvalue weighted by Crippen LogP contribution is 2.35. The molecule has 2 aromatic carbocycles. The molecule has 1 aliphatic heterocycles. The lowest BCUT2D eigenvalue weighted by Crippen LogP contribution is -2.35. The number of hydrogen-bond donors (Lipinski definition) is 1. The number of aryl methyl sites for hydroxylation is 1. The maximum atomic E-state index is 13.7. The van der Waals surface area contributed by atoms with Crippen LogP contribution in [0.15, 0.2) is 74.6 Å². The summed E-state index contributed by atoms with van der Waals surface area (Å²) >= 11 is 0. The second-order valence-corrected chi connectivity index (χ2v) is 9.35. The molecule has 174 valence electrons. The normalized spacial score (nSPS) is 13.4. The van der Waals surface area contributed by atoms with Crippen LogP contribution in [0.1, 0.15) is 22.3 Å². The summed E-state index contributed by atoms with van der Waals surface area (Å²) < 4.78 is 44.6. The minimum absolute atomic E-state index is 0.0856. The number of anilines is 2. The second-order valence-electron chi connectivity index (χ2n) is 7.52. The molecule has 1 amide bonds. The van der Waals surface area contributed by atoms with Crippen LogP contribution in [0.25, 0.3) is 11.7 Å². The van der Waals surface area contributed by atoms with E-state index >= 15 is 0 Å². The fraction of sp³-hybridized carbons (Fsp3) is 0.174. The average Bonchev–Trinajstić information content (AvgIpc) is 3.55. The molecule has 0 aliphatic carbocycles. The number of rotatable bonds is 6. The first-order valence-electron chi connectivity index (χ1n) is 10.4. The highest BCUT2D eigenvalue weighted by Gasteiger charge is 2.32. The number of para-hydroxylation sites is 1. The number of carbonyl (C=O) groups is 1. The largest absolute Gasteiger partial charge is 0.495 e. The smallest absolute Gasteiger partial charge is 0.322 e. The molecule has 0 bridgehead atoms. The highest BCUT2D eigenvalue weighted by atomic mass is 32.2. The van der Waals surface area contributed by atoms with Gasteiger partial charge in [0.05, 0.1) is 19.1 Å². The number of aromatic nitrogens is 2. The molecule has 11 heteroatoms. The third kappa shape index (κ3) is 3.90. The van der Waals surface area contributed by atoms with E-state index in [9.17, 15) is 13.2 Å². The molecule has 0 unspecified atom stereocenters. The number of carbonyl (C=O) groups excluding carboxylic acids is 1. The van der Waals surface area contributed by atoms with Crippen molar-refractivity contribution < 1.29 is 26.8 Å². The van der Waals surface area contributed by atoms with Crippen molar-refractivity contribution in [3.8, 4) is 17.4 Å². The molecule has 3 heterocycles. The summed E-state index contributed by atoms with van der Waals surface area (Å²) in [7, 11) is -2.63. The summed E-state index contributed by atoms with van der Waals surface area (Å²) in [5.41, 5.74) is 1.67. The van der Waals surface area contributed by atoms with Crippen molar-refractivity contribution in [3.05, 3.63) is 72.0 Å². The first-order chi connectivity index (χ1) is 16.5. The monoisotopic (exact) mass is 480 g/mol. The number of sulfonamides is 1. The van der Waals surface area contributed by atoms with E-state index in [-0.39, 0.29) is 28.1 Å². The van der Waals surface area contributed by atoms with Crippen LogP contribution in [-0.2, 0) is 16.4 Å². The van der Waals surface area contributed by atoms with Gasteiger partial charge in [0.2, 0.25) is 0 Å². The molecule has 4 aromatic rings. The van der Waals surface area contributed by atoms with E-state index in [0.717, 1.165) is 12.0 Å². The van der Waals surface area contributed by atoms with Crippen molar-refractivity contribution in [1.82, 2.24) is 10.2 Å². The third-order valence-electron chi connectivity index (χ3n) is 5.44. The number of ether oxygens (including phenoxy) is 1. The van der Waals surface area contributed by atoms with Gasteiger partial charge in [0.25, 0.3) is 21.8 Å². The van der Waals surface area contributed by atoms with E-state index in [2.05, 4.69) is 15.5 Å². The molecule has 1 N–H and O–H groups in total. The number of furan rings is 1. The molecule has 0 saturated heterocycles. The number of fused-ring (bicyclic) bond motifs is 1. The average molecular weight is 481 g/mol. The Balaban J connectivity index is 1.46. The van der Waals surface area contributed by atoms with Crippen LogP contribution >= 0.6 is 0 Å². The molecule has 1 aliphatic rings. The fourth-order valence-electron chi connectivity index (χ4n) is 3.83. The number of nitrogens with zero attached hydrogens (tertiary/aromatic N) is 3. The summed E-state index contributed by atoms with van der Waals surface area (Å²) in [6.45, 7) is 0.330. The van der Waals surface area contributed by atoms with Crippen molar-refractivity contribution in [2.75, 3.05) is 23.3 Å². The van der Waals surface area contributed by atoms with E-state index in [1.807, 2.05) is 12.1 Å². The summed E-state index contributed by atoms with van der Waals surface area (Å²) in [6, 6.07) is 14.7. The quantitative estimate of drug-likeness (QED) is 0.442. The first kappa shape index (κ1) is 21.7. The standard InChI is InChI=1S/C23H20N4O6S/c1-31-18-11-10-16(21(28)24-23-26-25-22(33-23)19-9-5-13-32-19)14-20(18)34(29,30)27-12-4-7-15-6-2-3-8-17(15)27/h2-3,5-6,8-11,13-14H,4,7,12H2,1H3,(H,24,26,28). The van der Waals surface area contributed by atoms with Crippen molar-refractivity contribution in [3.63, 3.8) is 0 Å². The molecule has 0 spiro atoms. The molecule has 2 aromatic heterocycles. The Morgan fingerprint density at radius 2 is 1.97 bits per heavy atom. The predicted octanol–water partition coefficient (Wildman–Crippen LogP) is 3.73. The Morgan fingerprint density at radius 1 is 1.12 bits per heavy atom. The van der Waals surface area contributed by atoms with Crippen LogP contribution in [0, 0.1) is 0 Å². The van der Waals surface area contributed by atoms with Crippen LogP contribution in [0.5, 0.6) is 5.75 Å². The number of benzene rings is 2. The zero-order valence-corrected chi connectivity index (χ0v) is 18.9. The van der Waals surface area contributed by atoms with E-state index < -0.39 is 15.9 Å². The van der Waals surface area contributed by atoms with Crippen molar-refractivity contribution >= 4 is 27.6 Å². The lowest BCUT2D eigenvalue weighted by Gasteiger charge is -2.31. The van der Waals surface area contributed by atoms with Gasteiger partial charge < -0.3 is 13.6 Å². The number of nitrogens with one attached hydrogen (secondary N) is 1. The van der Waals surface area contributed by atoms with Crippen molar-refractivity contribution in [1.29, 1.82) is 0 Å². The second kappa shape index (κ2) is 8.67. The van der Waals surface area contributed by atoms with Crippen molar-refractivity contribution in [2.45, 2.75) is 17.7 Å². The molecule has 34 heavy (non-hydrogen) atoms. The van der Waals surface area contributed by atoms with Gasteiger partial charge in [-0.2, -0.15) is 0 Å². The van der Waals surface area contributed by atoms with Gasteiger partial charge in [-0.05, 0) is 54.8 Å². The zero-order valence-electron chi connectivity index (χ0n) is 18.1. The Hall–Kier alpha value is -4.12. The van der Waals surface area contributed by atoms with Gasteiger partial charge in [0.1, 0.15) is 10.6 Å². The summed E-state index contributed by atoms with van der Waals surface area (Å²) in [6.07, 6.45) is 2.94. The zero-order chi connectivity index (χ0) is 23.7. The van der Waals surface area contributed by atoms with Crippen LogP contribution in [0.3, 0.4) is 0 Å². The molecular weight excluding hydrogens is 460 g/mol. The Bertz CT molecular complexity index is 1450. The molecule has 0 fully saturated rings. The van der Waals surface area contributed by atoms with Gasteiger partial charge in [-0.15, -0.1) is 5.10 Å². The van der Waals surface area contributed by atoms with Crippen LogP contribution in [-0.4, -0.2) is 38.2 Å². The predicted molar refractivity (Wildman–Crippen MR) is 122 cm³/mol. The Morgan fingerprint density at radius 3 is 2.76 bits per heavy atom. The minimum atomic E-state index is -4.01. The first-order valence-corrected chi connectivity index (χ1v) is 11.9. The summed E-state index contributed by atoms with van der Waals surface area (Å²) in [4.78, 5) is 12.7. The molecular formula is C23H20N4O6S. The molecule has 0 saturated carbocycles. The SMILES string of the molecule is COc1ccc(C(=O)Nc2nnc(-c3ccco3)o2)cc1S(=O)(=O)N1CCCc2ccccc21. The van der Waals surface area contributed by atoms with Crippen LogP contribution in [0.4, 0.5) is 11.7 Å². The van der Waals surface area contributed by atoms with Crippen LogP contribution < -0.4 is 14.4 Å². The van der Waals surface area contributed by atoms with E-state index in [0.29, 0.717) is 24.4 Å². The van der Waals surface area contributed by atoms with Gasteiger partial charge in [0.15, 0.2) is 5.76 Å². The summed E-state index contributed by atoms with van der Waals surface area (Å²) in [5, 5.41) is 10.1. The van der Waals surface area contributed by atoms with Gasteiger partial charge in [0, 0.05) is 12.1 Å². The fourth-order valence-corrected chi connectivity index (χ4v) is 5.56. The maximum absolute atomic E-state index is 13.7. The Kier molecular flexibility index (Phi) is 5.54. The van der Waals surface area contributed by atoms with Gasteiger partial charge in [-0.1, -0.05) is 23.3 Å². The van der Waals surface area contributed by atoms with E-state index in [1.165, 1.54) is 35.9 Å². The summed E-state index contributed by atoms with van der Waals surface area (Å²) in [5.74, 6) is -0.0278. The topological polar surface area (TPSA) is 128 Å². The lowest BCUT2D eigenvalue weighted by molar-refractivity contribution is 0.102. The minimum Gasteiger partial charge on any atom is -0.495 e. The Labute approximate surface area is 195 Å². The third-order valence-corrected chi connectivity index (χ3v) is 7.27. The number of methoxy groups -OCH3 is 1.